The first-order chi connectivity index (χ1) is 13.4. The van der Waals surface area contributed by atoms with Gasteiger partial charge in [0.2, 0.25) is 0 Å². The zero-order valence-electron chi connectivity index (χ0n) is 15.9. The molecule has 28 heavy (non-hydrogen) atoms. The van der Waals surface area contributed by atoms with Crippen LogP contribution >= 0.6 is 0 Å². The lowest BCUT2D eigenvalue weighted by Gasteiger charge is -2.25. The molecule has 5 heteroatoms. The molecule has 0 saturated carbocycles. The van der Waals surface area contributed by atoms with Gasteiger partial charge < -0.3 is 14.9 Å². The van der Waals surface area contributed by atoms with Gasteiger partial charge in [-0.05, 0) is 60.9 Å². The predicted octanol–water partition coefficient (Wildman–Crippen LogP) is 3.93. The summed E-state index contributed by atoms with van der Waals surface area (Å²) in [6.07, 6.45) is 0. The van der Waals surface area contributed by atoms with E-state index >= 15 is 0 Å². The van der Waals surface area contributed by atoms with Gasteiger partial charge in [-0.15, -0.1) is 0 Å². The molecule has 142 valence electrons. The van der Waals surface area contributed by atoms with E-state index in [9.17, 15) is 15.0 Å². The van der Waals surface area contributed by atoms with Gasteiger partial charge in [-0.25, -0.2) is 0 Å². The van der Waals surface area contributed by atoms with Gasteiger partial charge in [0.25, 0.3) is 5.91 Å². The molecule has 0 fully saturated rings. The number of fused-ring (bicyclic) bond motifs is 1. The van der Waals surface area contributed by atoms with Crippen molar-refractivity contribution in [2.45, 2.75) is 19.4 Å². The topological polar surface area (TPSA) is 70.0 Å². The van der Waals surface area contributed by atoms with Crippen molar-refractivity contribution in [3.8, 4) is 11.5 Å². The monoisotopic (exact) mass is 375 g/mol. The highest BCUT2D eigenvalue weighted by Gasteiger charge is 2.51. The van der Waals surface area contributed by atoms with E-state index in [0.717, 1.165) is 0 Å². The number of carbonyl (C=O) groups excluding carboxylic acids is 1. The van der Waals surface area contributed by atoms with Gasteiger partial charge in [0.05, 0.1) is 18.5 Å². The molecule has 4 rings (SSSR count). The minimum Gasteiger partial charge on any atom is -0.507 e. The molecule has 1 aliphatic heterocycles. The Bertz CT molecular complexity index is 1070. The van der Waals surface area contributed by atoms with Crippen molar-refractivity contribution in [1.29, 1.82) is 0 Å². The third kappa shape index (κ3) is 2.47. The van der Waals surface area contributed by atoms with Crippen LogP contribution in [0.2, 0.25) is 0 Å². The largest absolute Gasteiger partial charge is 0.507 e. The van der Waals surface area contributed by atoms with Crippen LogP contribution in [0.1, 0.15) is 22.3 Å². The Morgan fingerprint density at radius 3 is 2.32 bits per heavy atom. The van der Waals surface area contributed by atoms with Crippen LogP contribution in [-0.4, -0.2) is 23.2 Å². The van der Waals surface area contributed by atoms with E-state index in [1.54, 1.807) is 69.5 Å². The summed E-state index contributed by atoms with van der Waals surface area (Å²) >= 11 is 0. The number of phenolic OH excluding ortho intramolecular Hbond substituents is 1. The maximum atomic E-state index is 13.6. The zero-order valence-corrected chi connectivity index (χ0v) is 15.9. The summed E-state index contributed by atoms with van der Waals surface area (Å²) in [5, 5.41) is 21.8. The Kier molecular flexibility index (Phi) is 4.12. The fraction of sp³-hybridized carbons (Fsp3) is 0.174. The number of rotatable bonds is 3. The third-order valence-electron chi connectivity index (χ3n) is 5.27. The van der Waals surface area contributed by atoms with Crippen LogP contribution < -0.4 is 9.64 Å². The highest BCUT2D eigenvalue weighted by molar-refractivity contribution is 6.13. The number of benzene rings is 3. The molecule has 3 aromatic carbocycles. The van der Waals surface area contributed by atoms with Crippen LogP contribution in [0.4, 0.5) is 11.4 Å². The molecule has 5 nitrogen and oxygen atoms in total. The van der Waals surface area contributed by atoms with E-state index in [1.807, 2.05) is 12.1 Å². The van der Waals surface area contributed by atoms with Crippen LogP contribution in [0.25, 0.3) is 0 Å². The molecule has 0 spiro atoms. The Hall–Kier alpha value is -3.31. The fourth-order valence-electron chi connectivity index (χ4n) is 3.81. The summed E-state index contributed by atoms with van der Waals surface area (Å²) in [6, 6.07) is 17.7. The second-order valence-corrected chi connectivity index (χ2v) is 7.03. The Morgan fingerprint density at radius 2 is 1.64 bits per heavy atom. The molecule has 1 atom stereocenters. The smallest absolute Gasteiger partial charge is 0.273 e. The van der Waals surface area contributed by atoms with Crippen molar-refractivity contribution < 1.29 is 19.7 Å². The number of aryl methyl sites for hydroxylation is 2. The van der Waals surface area contributed by atoms with E-state index in [0.29, 0.717) is 39.4 Å². The summed E-state index contributed by atoms with van der Waals surface area (Å²) in [5.41, 5.74) is 1.53. The molecule has 1 heterocycles. The molecule has 0 radical (unpaired) electrons. The number of anilines is 2. The summed E-state index contributed by atoms with van der Waals surface area (Å²) in [5.74, 6) is 0.316. The minimum absolute atomic E-state index is 0.163. The van der Waals surface area contributed by atoms with Gasteiger partial charge in [-0.3, -0.25) is 9.69 Å². The van der Waals surface area contributed by atoms with Crippen LogP contribution in [0.5, 0.6) is 11.5 Å². The van der Waals surface area contributed by atoms with Gasteiger partial charge in [0, 0.05) is 11.6 Å². The number of aliphatic hydroxyl groups is 1. The molecule has 0 bridgehead atoms. The number of aromatic hydroxyl groups is 1. The van der Waals surface area contributed by atoms with E-state index in [4.69, 9.17) is 4.74 Å². The lowest BCUT2D eigenvalue weighted by Crippen LogP contribution is -2.39. The van der Waals surface area contributed by atoms with Crippen molar-refractivity contribution in [2.75, 3.05) is 12.0 Å². The standard InChI is InChI=1S/C23H21NO4/c1-14-11-16(12-15(2)21(14)25)23(27)19-9-4-5-10-20(19)24(22(23)26)17-7-6-8-18(13-17)28-3/h4-13,25,27H,1-3H3. The predicted molar refractivity (Wildman–Crippen MR) is 107 cm³/mol. The van der Waals surface area contributed by atoms with Crippen LogP contribution in [0, 0.1) is 13.8 Å². The van der Waals surface area contributed by atoms with Gasteiger partial charge >= 0.3 is 0 Å². The van der Waals surface area contributed by atoms with Gasteiger partial charge in [0.15, 0.2) is 5.60 Å². The highest BCUT2D eigenvalue weighted by Crippen LogP contribution is 2.48. The molecule has 1 aliphatic rings. The van der Waals surface area contributed by atoms with Gasteiger partial charge in [-0.1, -0.05) is 24.3 Å². The van der Waals surface area contributed by atoms with Crippen molar-refractivity contribution in [1.82, 2.24) is 0 Å². The maximum absolute atomic E-state index is 13.6. The van der Waals surface area contributed by atoms with Crippen molar-refractivity contribution >= 4 is 17.3 Å². The molecular formula is C23H21NO4. The normalized spacial score (nSPS) is 18.3. The van der Waals surface area contributed by atoms with Gasteiger partial charge in [0.1, 0.15) is 11.5 Å². The number of para-hydroxylation sites is 1. The van der Waals surface area contributed by atoms with Gasteiger partial charge in [-0.2, -0.15) is 0 Å². The second kappa shape index (κ2) is 6.39. The van der Waals surface area contributed by atoms with Crippen LogP contribution in [0.3, 0.4) is 0 Å². The summed E-state index contributed by atoms with van der Waals surface area (Å²) in [7, 11) is 1.57. The Labute approximate surface area is 163 Å². The quantitative estimate of drug-likeness (QED) is 0.728. The first kappa shape index (κ1) is 18.1. The van der Waals surface area contributed by atoms with E-state index in [2.05, 4.69) is 0 Å². The average molecular weight is 375 g/mol. The first-order valence-corrected chi connectivity index (χ1v) is 8.99. The fourth-order valence-corrected chi connectivity index (χ4v) is 3.81. The number of methoxy groups -OCH3 is 1. The molecule has 1 unspecified atom stereocenters. The Morgan fingerprint density at radius 1 is 0.964 bits per heavy atom. The number of nitrogens with zero attached hydrogens (tertiary/aromatic N) is 1. The lowest BCUT2D eigenvalue weighted by molar-refractivity contribution is -0.131. The third-order valence-corrected chi connectivity index (χ3v) is 5.27. The van der Waals surface area contributed by atoms with E-state index < -0.39 is 11.5 Å². The van der Waals surface area contributed by atoms with E-state index in [1.165, 1.54) is 4.90 Å². The summed E-state index contributed by atoms with van der Waals surface area (Å²) in [6.45, 7) is 3.50. The number of hydrogen-bond donors (Lipinski definition) is 2. The second-order valence-electron chi connectivity index (χ2n) is 7.03. The minimum atomic E-state index is -1.84. The molecule has 1 amide bonds. The summed E-state index contributed by atoms with van der Waals surface area (Å²) in [4.78, 5) is 15.1. The SMILES string of the molecule is COc1cccc(N2C(=O)C(O)(c3cc(C)c(O)c(C)c3)c3ccccc32)c1. The number of ether oxygens (including phenoxy) is 1. The van der Waals surface area contributed by atoms with Crippen LogP contribution in [0.15, 0.2) is 60.7 Å². The Balaban J connectivity index is 1.94. The molecular weight excluding hydrogens is 354 g/mol. The number of carbonyl (C=O) groups is 1. The highest BCUT2D eigenvalue weighted by atomic mass is 16.5. The molecule has 2 N–H and O–H groups in total. The number of amides is 1. The first-order valence-electron chi connectivity index (χ1n) is 8.99. The average Bonchev–Trinajstić information content (AvgIpc) is 2.94. The van der Waals surface area contributed by atoms with Crippen molar-refractivity contribution in [3.05, 3.63) is 82.9 Å². The molecule has 0 aliphatic carbocycles. The summed E-state index contributed by atoms with van der Waals surface area (Å²) < 4.78 is 5.29. The van der Waals surface area contributed by atoms with Crippen molar-refractivity contribution in [2.24, 2.45) is 0 Å². The number of hydrogen-bond acceptors (Lipinski definition) is 4. The van der Waals surface area contributed by atoms with Crippen LogP contribution in [-0.2, 0) is 10.4 Å². The van der Waals surface area contributed by atoms with Crippen molar-refractivity contribution in [3.63, 3.8) is 0 Å². The number of phenols is 1. The maximum Gasteiger partial charge on any atom is 0.273 e. The molecule has 0 aromatic heterocycles. The molecule has 3 aromatic rings. The zero-order chi connectivity index (χ0) is 20.1. The molecule has 0 saturated heterocycles. The lowest BCUT2D eigenvalue weighted by atomic mass is 9.85. The van der Waals surface area contributed by atoms with E-state index in [-0.39, 0.29) is 5.75 Å².